The lowest BCUT2D eigenvalue weighted by molar-refractivity contribution is 0.0877. The number of nitrogens with two attached hydrogens (primary N) is 1. The number of fused-ring (bicyclic) bond motifs is 2. The third kappa shape index (κ3) is 1.69. The molecule has 0 saturated carbocycles. The molecular weight excluding hydrogens is 182 g/mol. The molecule has 0 aromatic rings. The van der Waals surface area contributed by atoms with E-state index in [1.807, 2.05) is 6.92 Å². The van der Waals surface area contributed by atoms with Crippen LogP contribution in [0, 0.1) is 5.92 Å². The summed E-state index contributed by atoms with van der Waals surface area (Å²) in [6.45, 7) is 2.00. The highest BCUT2D eigenvalue weighted by Crippen LogP contribution is 2.40. The lowest BCUT2D eigenvalue weighted by Crippen LogP contribution is -2.48. The summed E-state index contributed by atoms with van der Waals surface area (Å²) in [4.78, 5) is 11.0. The summed E-state index contributed by atoms with van der Waals surface area (Å²) in [6.07, 6.45) is 4.14. The number of amides is 2. The van der Waals surface area contributed by atoms with Gasteiger partial charge >= 0.3 is 6.03 Å². The van der Waals surface area contributed by atoms with Gasteiger partial charge in [-0.2, -0.15) is 0 Å². The molecule has 2 amide bonds. The van der Waals surface area contributed by atoms with Gasteiger partial charge in [-0.15, -0.1) is 0 Å². The van der Waals surface area contributed by atoms with Crippen LogP contribution >= 0.6 is 0 Å². The number of rotatable bonds is 2. The van der Waals surface area contributed by atoms with Crippen molar-refractivity contribution in [1.82, 2.24) is 10.7 Å². The standard InChI is InChI=1S/C9H17N3O2/c1-5(11-9(13)12-10)7-4-6-2-3-8(7)14-6/h5-8H,2-4,10H2,1H3,(H2,11,12,13). The molecule has 80 valence electrons. The van der Waals surface area contributed by atoms with Crippen molar-refractivity contribution in [3.8, 4) is 0 Å². The SMILES string of the molecule is CC(NC(=O)NN)C1CC2CCC1O2. The number of nitrogens with one attached hydrogen (secondary N) is 2. The van der Waals surface area contributed by atoms with E-state index in [2.05, 4.69) is 10.7 Å². The van der Waals surface area contributed by atoms with Gasteiger partial charge in [-0.3, -0.25) is 5.43 Å². The van der Waals surface area contributed by atoms with Crippen LogP contribution in [0.4, 0.5) is 4.79 Å². The number of carbonyl (C=O) groups excluding carboxylic acids is 1. The molecule has 2 heterocycles. The zero-order chi connectivity index (χ0) is 10.1. The van der Waals surface area contributed by atoms with E-state index in [4.69, 9.17) is 10.6 Å². The molecule has 5 heteroatoms. The molecule has 0 radical (unpaired) electrons. The second-order valence-electron chi connectivity index (χ2n) is 4.18. The Balaban J connectivity index is 1.86. The zero-order valence-corrected chi connectivity index (χ0v) is 8.32. The number of carbonyl (C=O) groups is 1. The second kappa shape index (κ2) is 3.74. The van der Waals surface area contributed by atoms with Crippen LogP contribution < -0.4 is 16.6 Å². The Morgan fingerprint density at radius 3 is 2.86 bits per heavy atom. The fraction of sp³-hybridized carbons (Fsp3) is 0.889. The van der Waals surface area contributed by atoms with Crippen molar-refractivity contribution >= 4 is 6.03 Å². The number of hydrazine groups is 1. The van der Waals surface area contributed by atoms with Crippen molar-refractivity contribution < 1.29 is 9.53 Å². The number of hydrogen-bond acceptors (Lipinski definition) is 3. The minimum atomic E-state index is -0.319. The molecule has 2 bridgehead atoms. The third-order valence-electron chi connectivity index (χ3n) is 3.29. The van der Waals surface area contributed by atoms with Gasteiger partial charge in [-0.05, 0) is 26.2 Å². The Morgan fingerprint density at radius 1 is 1.57 bits per heavy atom. The molecule has 2 saturated heterocycles. The molecule has 0 aromatic carbocycles. The van der Waals surface area contributed by atoms with Crippen LogP contribution in [-0.2, 0) is 4.74 Å². The molecule has 2 aliphatic heterocycles. The molecule has 5 nitrogen and oxygen atoms in total. The number of hydrogen-bond donors (Lipinski definition) is 3. The molecule has 4 N–H and O–H groups in total. The summed E-state index contributed by atoms with van der Waals surface area (Å²) in [5, 5.41) is 2.80. The molecule has 0 aliphatic carbocycles. The maximum atomic E-state index is 11.0. The predicted octanol–water partition coefficient (Wildman–Crippen LogP) is 0.115. The lowest BCUT2D eigenvalue weighted by atomic mass is 9.84. The smallest absolute Gasteiger partial charge is 0.329 e. The van der Waals surface area contributed by atoms with Crippen molar-refractivity contribution in [3.63, 3.8) is 0 Å². The number of urea groups is 1. The van der Waals surface area contributed by atoms with Gasteiger partial charge in [0.25, 0.3) is 0 Å². The fourth-order valence-corrected chi connectivity index (χ4v) is 2.56. The Kier molecular flexibility index (Phi) is 2.60. The fourth-order valence-electron chi connectivity index (χ4n) is 2.56. The highest BCUT2D eigenvalue weighted by atomic mass is 16.5. The average molecular weight is 199 g/mol. The van der Waals surface area contributed by atoms with E-state index < -0.39 is 0 Å². The van der Waals surface area contributed by atoms with E-state index in [-0.39, 0.29) is 12.1 Å². The van der Waals surface area contributed by atoms with Gasteiger partial charge in [-0.25, -0.2) is 10.6 Å². The first-order valence-electron chi connectivity index (χ1n) is 5.13. The van der Waals surface area contributed by atoms with E-state index in [9.17, 15) is 4.79 Å². The molecule has 4 atom stereocenters. The van der Waals surface area contributed by atoms with E-state index in [0.717, 1.165) is 12.8 Å². The van der Waals surface area contributed by atoms with E-state index in [1.165, 1.54) is 6.42 Å². The Bertz CT molecular complexity index is 234. The summed E-state index contributed by atoms with van der Waals surface area (Å²) in [5.41, 5.74) is 2.07. The first-order chi connectivity index (χ1) is 6.70. The van der Waals surface area contributed by atoms with Crippen LogP contribution in [0.25, 0.3) is 0 Å². The van der Waals surface area contributed by atoms with Crippen molar-refractivity contribution in [2.24, 2.45) is 11.8 Å². The summed E-state index contributed by atoms with van der Waals surface area (Å²) >= 11 is 0. The van der Waals surface area contributed by atoms with Gasteiger partial charge in [0.2, 0.25) is 0 Å². The highest BCUT2D eigenvalue weighted by Gasteiger charge is 2.43. The Labute approximate surface area is 83.3 Å². The van der Waals surface area contributed by atoms with Crippen LogP contribution in [0.3, 0.4) is 0 Å². The second-order valence-corrected chi connectivity index (χ2v) is 4.18. The van der Waals surface area contributed by atoms with E-state index >= 15 is 0 Å². The van der Waals surface area contributed by atoms with Crippen LogP contribution in [0.2, 0.25) is 0 Å². The Morgan fingerprint density at radius 2 is 2.36 bits per heavy atom. The molecule has 2 rings (SSSR count). The molecule has 4 unspecified atom stereocenters. The summed E-state index contributed by atoms with van der Waals surface area (Å²) in [5.74, 6) is 5.45. The summed E-state index contributed by atoms with van der Waals surface area (Å²) in [6, 6.07) is -0.186. The molecule has 14 heavy (non-hydrogen) atoms. The monoisotopic (exact) mass is 199 g/mol. The van der Waals surface area contributed by atoms with Crippen LogP contribution in [0.5, 0.6) is 0 Å². The quantitative estimate of drug-likeness (QED) is 0.336. The maximum Gasteiger partial charge on any atom is 0.329 e. The predicted molar refractivity (Wildman–Crippen MR) is 51.3 cm³/mol. The van der Waals surface area contributed by atoms with Crippen molar-refractivity contribution in [1.29, 1.82) is 0 Å². The molecule has 0 aromatic heterocycles. The minimum absolute atomic E-state index is 0.133. The summed E-state index contributed by atoms with van der Waals surface area (Å²) in [7, 11) is 0. The maximum absolute atomic E-state index is 11.0. The molecule has 0 spiro atoms. The third-order valence-corrected chi connectivity index (χ3v) is 3.29. The van der Waals surface area contributed by atoms with Gasteiger partial charge in [0.15, 0.2) is 0 Å². The normalized spacial score (nSPS) is 36.9. The topological polar surface area (TPSA) is 76.4 Å². The van der Waals surface area contributed by atoms with Crippen LogP contribution in [-0.4, -0.2) is 24.3 Å². The first-order valence-corrected chi connectivity index (χ1v) is 5.13. The number of ether oxygens (including phenoxy) is 1. The van der Waals surface area contributed by atoms with Crippen molar-refractivity contribution in [2.75, 3.05) is 0 Å². The summed E-state index contributed by atoms with van der Waals surface area (Å²) < 4.78 is 5.72. The zero-order valence-electron chi connectivity index (χ0n) is 8.32. The highest BCUT2D eigenvalue weighted by molar-refractivity contribution is 5.73. The lowest BCUT2D eigenvalue weighted by Gasteiger charge is -2.25. The van der Waals surface area contributed by atoms with Gasteiger partial charge in [0.05, 0.1) is 12.2 Å². The average Bonchev–Trinajstić information content (AvgIpc) is 2.78. The van der Waals surface area contributed by atoms with E-state index in [0.29, 0.717) is 18.1 Å². The first kappa shape index (κ1) is 9.73. The Hall–Kier alpha value is -0.810. The van der Waals surface area contributed by atoms with Gasteiger partial charge in [0.1, 0.15) is 0 Å². The van der Waals surface area contributed by atoms with Gasteiger partial charge < -0.3 is 10.1 Å². The van der Waals surface area contributed by atoms with Crippen LogP contribution in [0.15, 0.2) is 0 Å². The van der Waals surface area contributed by atoms with Crippen LogP contribution in [0.1, 0.15) is 26.2 Å². The molecule has 2 fully saturated rings. The molecule has 2 aliphatic rings. The minimum Gasteiger partial charge on any atom is -0.375 e. The van der Waals surface area contributed by atoms with Gasteiger partial charge in [-0.1, -0.05) is 0 Å². The molecular formula is C9H17N3O2. The van der Waals surface area contributed by atoms with Crippen molar-refractivity contribution in [3.05, 3.63) is 0 Å². The van der Waals surface area contributed by atoms with Crippen molar-refractivity contribution in [2.45, 2.75) is 44.4 Å². The van der Waals surface area contributed by atoms with Gasteiger partial charge in [0, 0.05) is 12.0 Å². The largest absolute Gasteiger partial charge is 0.375 e. The van der Waals surface area contributed by atoms with E-state index in [1.54, 1.807) is 0 Å².